The number of carbonyl (C=O) groups is 1. The van der Waals surface area contributed by atoms with Crippen LogP contribution >= 0.6 is 0 Å². The van der Waals surface area contributed by atoms with Crippen molar-refractivity contribution in [3.8, 4) is 5.69 Å². The molecule has 0 spiro atoms. The summed E-state index contributed by atoms with van der Waals surface area (Å²) in [5, 5.41) is 13.2. The van der Waals surface area contributed by atoms with Crippen molar-refractivity contribution in [2.75, 3.05) is 0 Å². The van der Waals surface area contributed by atoms with Gasteiger partial charge in [0.05, 0.1) is 5.69 Å². The highest BCUT2D eigenvalue weighted by Gasteiger charge is 2.17. The van der Waals surface area contributed by atoms with E-state index in [9.17, 15) is 4.79 Å². The fourth-order valence-electron chi connectivity index (χ4n) is 2.72. The third kappa shape index (κ3) is 2.19. The monoisotopic (exact) mass is 271 g/mol. The molecular weight excluding hydrogens is 254 g/mol. The second kappa shape index (κ2) is 5.07. The standard InChI is InChI=1S/C15H17N3O2/c1-2-4-13-16-14(15(19)20)17-18(13)12-8-7-10-5-3-6-11(10)9-12/h7-9H,2-6H2,1H3,(H,19,20). The minimum absolute atomic E-state index is 0.131. The first-order valence-electron chi connectivity index (χ1n) is 7.00. The van der Waals surface area contributed by atoms with Crippen LogP contribution in [0.3, 0.4) is 0 Å². The smallest absolute Gasteiger partial charge is 0.375 e. The number of hydrogen-bond donors (Lipinski definition) is 1. The van der Waals surface area contributed by atoms with E-state index in [4.69, 9.17) is 5.11 Å². The summed E-state index contributed by atoms with van der Waals surface area (Å²) in [4.78, 5) is 15.2. The zero-order valence-corrected chi connectivity index (χ0v) is 11.5. The molecule has 1 aliphatic carbocycles. The Morgan fingerprint density at radius 2 is 2.15 bits per heavy atom. The molecule has 5 heteroatoms. The number of hydrogen-bond acceptors (Lipinski definition) is 3. The van der Waals surface area contributed by atoms with E-state index >= 15 is 0 Å². The topological polar surface area (TPSA) is 68.0 Å². The van der Waals surface area contributed by atoms with Gasteiger partial charge in [-0.1, -0.05) is 13.0 Å². The molecule has 1 N–H and O–H groups in total. The Bertz CT molecular complexity index is 661. The van der Waals surface area contributed by atoms with Gasteiger partial charge in [0.2, 0.25) is 0 Å². The van der Waals surface area contributed by atoms with Gasteiger partial charge in [-0.2, -0.15) is 0 Å². The number of fused-ring (bicyclic) bond motifs is 1. The van der Waals surface area contributed by atoms with Gasteiger partial charge in [0.15, 0.2) is 0 Å². The van der Waals surface area contributed by atoms with E-state index in [0.29, 0.717) is 5.82 Å². The quantitative estimate of drug-likeness (QED) is 0.927. The van der Waals surface area contributed by atoms with Crippen molar-refractivity contribution >= 4 is 5.97 Å². The molecule has 0 unspecified atom stereocenters. The minimum Gasteiger partial charge on any atom is -0.475 e. The second-order valence-electron chi connectivity index (χ2n) is 5.13. The van der Waals surface area contributed by atoms with Gasteiger partial charge in [0.1, 0.15) is 5.82 Å². The van der Waals surface area contributed by atoms with Gasteiger partial charge in [0, 0.05) is 6.42 Å². The van der Waals surface area contributed by atoms with Crippen molar-refractivity contribution < 1.29 is 9.90 Å². The summed E-state index contributed by atoms with van der Waals surface area (Å²) in [6.07, 6.45) is 5.04. The lowest BCUT2D eigenvalue weighted by molar-refractivity contribution is 0.0683. The molecule has 3 rings (SSSR count). The Kier molecular flexibility index (Phi) is 3.26. The predicted molar refractivity (Wildman–Crippen MR) is 74.3 cm³/mol. The summed E-state index contributed by atoms with van der Waals surface area (Å²) < 4.78 is 1.67. The lowest BCUT2D eigenvalue weighted by atomic mass is 10.1. The number of nitrogens with zero attached hydrogens (tertiary/aromatic N) is 3. The number of carboxylic acids is 1. The number of rotatable bonds is 4. The van der Waals surface area contributed by atoms with Crippen molar-refractivity contribution in [1.82, 2.24) is 14.8 Å². The number of aromatic carboxylic acids is 1. The second-order valence-corrected chi connectivity index (χ2v) is 5.13. The van der Waals surface area contributed by atoms with Crippen LogP contribution in [0.1, 0.15) is 47.3 Å². The summed E-state index contributed by atoms with van der Waals surface area (Å²) in [6.45, 7) is 2.04. The fourth-order valence-corrected chi connectivity index (χ4v) is 2.72. The van der Waals surface area contributed by atoms with Crippen LogP contribution in [-0.4, -0.2) is 25.8 Å². The van der Waals surface area contributed by atoms with Gasteiger partial charge < -0.3 is 5.11 Å². The highest BCUT2D eigenvalue weighted by atomic mass is 16.4. The van der Waals surface area contributed by atoms with Gasteiger partial charge in [-0.15, -0.1) is 5.10 Å². The lowest BCUT2D eigenvalue weighted by Gasteiger charge is -2.07. The van der Waals surface area contributed by atoms with Crippen LogP contribution in [0, 0.1) is 0 Å². The largest absolute Gasteiger partial charge is 0.475 e. The number of carboxylic acid groups (broad SMARTS) is 1. The lowest BCUT2D eigenvalue weighted by Crippen LogP contribution is -2.04. The molecule has 20 heavy (non-hydrogen) atoms. The zero-order chi connectivity index (χ0) is 14.1. The van der Waals surface area contributed by atoms with E-state index in [1.807, 2.05) is 13.0 Å². The van der Waals surface area contributed by atoms with Crippen molar-refractivity contribution in [3.05, 3.63) is 41.0 Å². The summed E-state index contributed by atoms with van der Waals surface area (Å²) >= 11 is 0. The van der Waals surface area contributed by atoms with Crippen LogP contribution < -0.4 is 0 Å². The average Bonchev–Trinajstić information content (AvgIpc) is 3.04. The SMILES string of the molecule is CCCc1nc(C(=O)O)nn1-c1ccc2c(c1)CCC2. The Hall–Kier alpha value is -2.17. The van der Waals surface area contributed by atoms with E-state index in [2.05, 4.69) is 22.2 Å². The van der Waals surface area contributed by atoms with Crippen LogP contribution in [0.4, 0.5) is 0 Å². The number of aromatic nitrogens is 3. The molecule has 1 aromatic heterocycles. The molecule has 1 aliphatic rings. The Morgan fingerprint density at radius 1 is 1.35 bits per heavy atom. The van der Waals surface area contributed by atoms with Gasteiger partial charge in [-0.3, -0.25) is 0 Å². The highest BCUT2D eigenvalue weighted by molar-refractivity contribution is 5.83. The maximum absolute atomic E-state index is 11.1. The summed E-state index contributed by atoms with van der Waals surface area (Å²) in [6, 6.07) is 6.24. The molecule has 0 fully saturated rings. The Morgan fingerprint density at radius 3 is 2.90 bits per heavy atom. The first-order chi connectivity index (χ1) is 9.69. The van der Waals surface area contributed by atoms with E-state index in [0.717, 1.165) is 31.4 Å². The van der Waals surface area contributed by atoms with Crippen molar-refractivity contribution in [1.29, 1.82) is 0 Å². The van der Waals surface area contributed by atoms with Crippen LogP contribution in [-0.2, 0) is 19.3 Å². The van der Waals surface area contributed by atoms with Crippen LogP contribution in [0.15, 0.2) is 18.2 Å². The van der Waals surface area contributed by atoms with Crippen LogP contribution in [0.2, 0.25) is 0 Å². The molecule has 0 radical (unpaired) electrons. The van der Waals surface area contributed by atoms with Crippen molar-refractivity contribution in [3.63, 3.8) is 0 Å². The zero-order valence-electron chi connectivity index (χ0n) is 11.5. The third-order valence-corrected chi connectivity index (χ3v) is 3.67. The van der Waals surface area contributed by atoms with E-state index < -0.39 is 5.97 Å². The van der Waals surface area contributed by atoms with Gasteiger partial charge in [-0.25, -0.2) is 14.5 Å². The molecule has 0 amide bonds. The fraction of sp³-hybridized carbons (Fsp3) is 0.400. The normalized spacial score (nSPS) is 13.4. The molecule has 0 saturated heterocycles. The molecule has 0 atom stereocenters. The Balaban J connectivity index is 2.06. The first kappa shape index (κ1) is 12.8. The first-order valence-corrected chi connectivity index (χ1v) is 7.00. The van der Waals surface area contributed by atoms with E-state index in [1.54, 1.807) is 4.68 Å². The van der Waals surface area contributed by atoms with Crippen LogP contribution in [0.5, 0.6) is 0 Å². The molecule has 1 aromatic carbocycles. The number of benzene rings is 1. The predicted octanol–water partition coefficient (Wildman–Crippen LogP) is 2.41. The molecular formula is C15H17N3O2. The molecule has 2 aromatic rings. The van der Waals surface area contributed by atoms with Crippen molar-refractivity contribution in [2.24, 2.45) is 0 Å². The molecule has 0 bridgehead atoms. The van der Waals surface area contributed by atoms with Crippen molar-refractivity contribution in [2.45, 2.75) is 39.0 Å². The number of aryl methyl sites for hydroxylation is 3. The van der Waals surface area contributed by atoms with Gasteiger partial charge in [0.25, 0.3) is 5.82 Å². The molecule has 1 heterocycles. The maximum atomic E-state index is 11.1. The average molecular weight is 271 g/mol. The van der Waals surface area contributed by atoms with Gasteiger partial charge in [-0.05, 0) is 48.9 Å². The minimum atomic E-state index is -1.08. The molecule has 0 aliphatic heterocycles. The molecule has 104 valence electrons. The van der Waals surface area contributed by atoms with Gasteiger partial charge >= 0.3 is 5.97 Å². The maximum Gasteiger partial charge on any atom is 0.375 e. The van der Waals surface area contributed by atoms with Crippen LogP contribution in [0.25, 0.3) is 5.69 Å². The van der Waals surface area contributed by atoms with E-state index in [-0.39, 0.29) is 5.82 Å². The summed E-state index contributed by atoms with van der Waals surface area (Å²) in [7, 11) is 0. The Labute approximate surface area is 117 Å². The molecule has 0 saturated carbocycles. The highest BCUT2D eigenvalue weighted by Crippen LogP contribution is 2.24. The summed E-state index contributed by atoms with van der Waals surface area (Å²) in [5.74, 6) is -0.501. The third-order valence-electron chi connectivity index (χ3n) is 3.67. The summed E-state index contributed by atoms with van der Waals surface area (Å²) in [5.41, 5.74) is 3.65. The molecule has 5 nitrogen and oxygen atoms in total. The van der Waals surface area contributed by atoms with E-state index in [1.165, 1.54) is 17.5 Å².